The first-order valence-electron chi connectivity index (χ1n) is 18.6. The van der Waals surface area contributed by atoms with Crippen molar-refractivity contribution in [3.63, 3.8) is 0 Å². The molecule has 2 heterocycles. The predicted octanol–water partition coefficient (Wildman–Crippen LogP) is 9.17. The SMILES string of the molecule is C=C(C)C(=O)OC12CC3CC(OCCCCCCCC4(CC)CCO4)(CC(OCCCCCCCC4(CC)CCO4)(C3)C1)C2. The molecule has 0 radical (unpaired) electrons. The van der Waals surface area contributed by atoms with Crippen molar-refractivity contribution >= 4 is 5.97 Å². The van der Waals surface area contributed by atoms with E-state index in [9.17, 15) is 4.79 Å². The first-order valence-corrected chi connectivity index (χ1v) is 18.6. The van der Waals surface area contributed by atoms with Gasteiger partial charge < -0.3 is 23.7 Å². The Morgan fingerprint density at radius 1 is 0.682 bits per heavy atom. The van der Waals surface area contributed by atoms with Gasteiger partial charge in [0.05, 0.1) is 35.6 Å². The molecule has 6 nitrogen and oxygen atoms in total. The second-order valence-electron chi connectivity index (χ2n) is 15.7. The van der Waals surface area contributed by atoms with Crippen LogP contribution >= 0.6 is 0 Å². The van der Waals surface area contributed by atoms with Crippen molar-refractivity contribution < 1.29 is 28.5 Å². The third-order valence-electron chi connectivity index (χ3n) is 12.2. The summed E-state index contributed by atoms with van der Waals surface area (Å²) in [5.41, 5.74) is -0.0648. The molecule has 44 heavy (non-hydrogen) atoms. The monoisotopic (exact) mass is 616 g/mol. The molecule has 0 spiro atoms. The molecule has 0 N–H and O–H groups in total. The highest BCUT2D eigenvalue weighted by molar-refractivity contribution is 5.87. The summed E-state index contributed by atoms with van der Waals surface area (Å²) in [6.45, 7) is 13.6. The Morgan fingerprint density at radius 3 is 1.50 bits per heavy atom. The smallest absolute Gasteiger partial charge is 0.333 e. The molecular formula is C38H64O6. The molecule has 6 rings (SSSR count). The van der Waals surface area contributed by atoms with Crippen LogP contribution in [-0.4, -0.2) is 60.4 Å². The third-order valence-corrected chi connectivity index (χ3v) is 12.2. The van der Waals surface area contributed by atoms with Gasteiger partial charge in [-0.05, 0) is 83.5 Å². The summed E-state index contributed by atoms with van der Waals surface area (Å²) in [4.78, 5) is 12.8. The zero-order chi connectivity index (χ0) is 31.2. The van der Waals surface area contributed by atoms with Gasteiger partial charge in [0.1, 0.15) is 5.60 Å². The summed E-state index contributed by atoms with van der Waals surface area (Å²) >= 11 is 0. The molecule has 4 bridgehead atoms. The van der Waals surface area contributed by atoms with E-state index >= 15 is 0 Å². The lowest BCUT2D eigenvalue weighted by Gasteiger charge is -2.64. The van der Waals surface area contributed by atoms with Crippen molar-refractivity contribution in [2.45, 2.75) is 190 Å². The van der Waals surface area contributed by atoms with E-state index in [1.54, 1.807) is 6.92 Å². The van der Waals surface area contributed by atoms with E-state index in [0.29, 0.717) is 11.5 Å². The minimum atomic E-state index is -0.479. The number of rotatable bonds is 22. The number of ether oxygens (including phenoxy) is 5. The highest BCUT2D eigenvalue weighted by atomic mass is 16.6. The number of unbranched alkanes of at least 4 members (excludes halogenated alkanes) is 8. The van der Waals surface area contributed by atoms with Crippen LogP contribution in [0.5, 0.6) is 0 Å². The van der Waals surface area contributed by atoms with E-state index in [1.165, 1.54) is 77.0 Å². The number of carbonyl (C=O) groups excluding carboxylic acids is 1. The Labute approximate surface area is 268 Å². The average molecular weight is 617 g/mol. The van der Waals surface area contributed by atoms with E-state index < -0.39 is 5.60 Å². The Kier molecular flexibility index (Phi) is 11.6. The van der Waals surface area contributed by atoms with Crippen molar-refractivity contribution in [2.75, 3.05) is 26.4 Å². The van der Waals surface area contributed by atoms with Gasteiger partial charge in [-0.25, -0.2) is 4.79 Å². The molecule has 6 aliphatic rings. The van der Waals surface area contributed by atoms with Crippen LogP contribution in [0.2, 0.25) is 0 Å². The Bertz CT molecular complexity index is 886. The molecule has 0 aromatic heterocycles. The van der Waals surface area contributed by atoms with Crippen LogP contribution in [0.4, 0.5) is 0 Å². The molecule has 2 aliphatic heterocycles. The highest BCUT2D eigenvalue weighted by Crippen LogP contribution is 2.63. The van der Waals surface area contributed by atoms with Crippen LogP contribution in [0.3, 0.4) is 0 Å². The van der Waals surface area contributed by atoms with E-state index in [2.05, 4.69) is 20.4 Å². The fourth-order valence-corrected chi connectivity index (χ4v) is 9.72. The summed E-state index contributed by atoms with van der Waals surface area (Å²) in [6.07, 6.45) is 25.1. The summed E-state index contributed by atoms with van der Waals surface area (Å²) < 4.78 is 31.7. The lowest BCUT2D eigenvalue weighted by molar-refractivity contribution is -0.283. The van der Waals surface area contributed by atoms with Crippen LogP contribution in [0.25, 0.3) is 0 Å². The van der Waals surface area contributed by atoms with Crippen molar-refractivity contribution in [3.05, 3.63) is 12.2 Å². The van der Waals surface area contributed by atoms with Crippen molar-refractivity contribution in [2.24, 2.45) is 5.92 Å². The maximum absolute atomic E-state index is 12.8. The van der Waals surface area contributed by atoms with Crippen LogP contribution in [-0.2, 0) is 28.5 Å². The fraction of sp³-hybridized carbons (Fsp3) is 0.921. The van der Waals surface area contributed by atoms with E-state index in [0.717, 1.165) is 90.6 Å². The third kappa shape index (κ3) is 8.30. The van der Waals surface area contributed by atoms with Gasteiger partial charge in [0.25, 0.3) is 0 Å². The van der Waals surface area contributed by atoms with Crippen LogP contribution < -0.4 is 0 Å². The average Bonchev–Trinajstić information content (AvgIpc) is 2.93. The van der Waals surface area contributed by atoms with Crippen LogP contribution in [0.15, 0.2) is 12.2 Å². The molecule has 4 atom stereocenters. The number of esters is 1. The largest absolute Gasteiger partial charge is 0.455 e. The molecule has 2 saturated heterocycles. The maximum Gasteiger partial charge on any atom is 0.333 e. The lowest BCUT2D eigenvalue weighted by atomic mass is 9.50. The van der Waals surface area contributed by atoms with Crippen LogP contribution in [0, 0.1) is 5.92 Å². The first-order chi connectivity index (χ1) is 21.2. The quantitative estimate of drug-likeness (QED) is 0.0687. The summed E-state index contributed by atoms with van der Waals surface area (Å²) in [5.74, 6) is 0.231. The molecule has 0 aromatic carbocycles. The van der Waals surface area contributed by atoms with Gasteiger partial charge in [-0.15, -0.1) is 0 Å². The van der Waals surface area contributed by atoms with Gasteiger partial charge >= 0.3 is 5.97 Å². The predicted molar refractivity (Wildman–Crippen MR) is 175 cm³/mol. The maximum atomic E-state index is 12.8. The second kappa shape index (κ2) is 14.9. The zero-order valence-corrected chi connectivity index (χ0v) is 28.6. The normalized spacial score (nSPS) is 37.0. The molecule has 0 amide bonds. The molecule has 252 valence electrons. The Morgan fingerprint density at radius 2 is 1.09 bits per heavy atom. The standard InChI is InChI=1S/C38H64O6/c1-5-34(19-23-42-34)17-13-9-7-11-15-21-40-36-25-32-26-37(28-36,30-38(27-32,29-36)44-33(39)31(3)4)41-22-16-12-8-10-14-18-35(6-2)20-24-43-35/h32H,3,5-30H2,1-2,4H3. The summed E-state index contributed by atoms with van der Waals surface area (Å²) in [6, 6.07) is 0. The molecule has 4 unspecified atom stereocenters. The van der Waals surface area contributed by atoms with Gasteiger partial charge in [-0.2, -0.15) is 0 Å². The molecule has 4 saturated carbocycles. The van der Waals surface area contributed by atoms with Gasteiger partial charge in [-0.1, -0.05) is 71.8 Å². The van der Waals surface area contributed by atoms with Crippen LogP contribution in [0.1, 0.15) is 162 Å². The van der Waals surface area contributed by atoms with Gasteiger partial charge in [0, 0.05) is 38.0 Å². The Balaban J connectivity index is 1.06. The topological polar surface area (TPSA) is 63.2 Å². The number of carbonyl (C=O) groups is 1. The van der Waals surface area contributed by atoms with E-state index in [1.807, 2.05) is 0 Å². The van der Waals surface area contributed by atoms with E-state index in [4.69, 9.17) is 23.7 Å². The summed E-state index contributed by atoms with van der Waals surface area (Å²) in [7, 11) is 0. The summed E-state index contributed by atoms with van der Waals surface area (Å²) in [5, 5.41) is 0. The minimum Gasteiger partial charge on any atom is -0.455 e. The van der Waals surface area contributed by atoms with E-state index in [-0.39, 0.29) is 28.4 Å². The molecule has 6 fully saturated rings. The van der Waals surface area contributed by atoms with Crippen molar-refractivity contribution in [1.82, 2.24) is 0 Å². The number of hydrogen-bond acceptors (Lipinski definition) is 6. The second-order valence-corrected chi connectivity index (χ2v) is 15.7. The van der Waals surface area contributed by atoms with Gasteiger partial charge in [0.15, 0.2) is 0 Å². The molecule has 0 aromatic rings. The van der Waals surface area contributed by atoms with Crippen molar-refractivity contribution in [1.29, 1.82) is 0 Å². The van der Waals surface area contributed by atoms with Gasteiger partial charge in [-0.3, -0.25) is 0 Å². The first kappa shape index (κ1) is 34.4. The fourth-order valence-electron chi connectivity index (χ4n) is 9.72. The highest BCUT2D eigenvalue weighted by Gasteiger charge is 2.66. The lowest BCUT2D eigenvalue weighted by Crippen LogP contribution is -2.68. The zero-order valence-electron chi connectivity index (χ0n) is 28.6. The molecule has 6 heteroatoms. The molecule has 4 aliphatic carbocycles. The number of hydrogen-bond donors (Lipinski definition) is 0. The van der Waals surface area contributed by atoms with Crippen molar-refractivity contribution in [3.8, 4) is 0 Å². The minimum absolute atomic E-state index is 0.201. The molecular weight excluding hydrogens is 552 g/mol. The Hall–Kier alpha value is -0.950. The van der Waals surface area contributed by atoms with Gasteiger partial charge in [0.2, 0.25) is 0 Å².